The van der Waals surface area contributed by atoms with Gasteiger partial charge in [0.25, 0.3) is 0 Å². The van der Waals surface area contributed by atoms with Gasteiger partial charge in [-0.3, -0.25) is 0 Å². The van der Waals surface area contributed by atoms with Crippen LogP contribution in [0.25, 0.3) is 10.6 Å². The van der Waals surface area contributed by atoms with Gasteiger partial charge in [-0.15, -0.1) is 0 Å². The monoisotopic (exact) mass is 162 g/mol. The number of rotatable bonds is 0. The van der Waals surface area contributed by atoms with Gasteiger partial charge in [0.05, 0.1) is 0 Å². The average molecular weight is 164 g/mol. The van der Waals surface area contributed by atoms with E-state index in [-0.39, 0.29) is 19.5 Å². The van der Waals surface area contributed by atoms with Crippen molar-refractivity contribution in [3.05, 3.63) is 23.0 Å². The molecule has 0 aromatic rings. The summed E-state index contributed by atoms with van der Waals surface area (Å²) in [6, 6.07) is 0. The summed E-state index contributed by atoms with van der Waals surface area (Å²) in [6.07, 6.45) is 3.39. The topological polar surface area (TPSA) is 28.2 Å². The van der Waals surface area contributed by atoms with Crippen molar-refractivity contribution in [2.45, 2.75) is 13.8 Å². The molecule has 1 rings (SSSR count). The third kappa shape index (κ3) is 5.96. The zero-order valence-electron chi connectivity index (χ0n) is 5.46. The Hall–Kier alpha value is -0.0366. The molecule has 0 aromatic carbocycles. The largest absolute Gasteiger partial charge is 2.00 e. The van der Waals surface area contributed by atoms with Crippen molar-refractivity contribution in [1.82, 2.24) is 0 Å². The van der Waals surface area contributed by atoms with Gasteiger partial charge in [0, 0.05) is 0 Å². The van der Waals surface area contributed by atoms with E-state index in [0.717, 1.165) is 0 Å². The smallest absolute Gasteiger partial charge is 0.707 e. The predicted octanol–water partition coefficient (Wildman–Crippen LogP) is 2.20. The van der Waals surface area contributed by atoms with Crippen LogP contribution in [-0.4, -0.2) is 6.67 Å². The molecule has 0 N–H and O–H groups in total. The predicted molar refractivity (Wildman–Crippen MR) is 32.1 cm³/mol. The molecule has 42 valence electrons. The van der Waals surface area contributed by atoms with Crippen LogP contribution in [0.3, 0.4) is 0 Å². The molecule has 1 heterocycles. The molecule has 0 radical (unpaired) electrons. The van der Waals surface area contributed by atoms with E-state index in [9.17, 15) is 0 Å². The quantitative estimate of drug-likeness (QED) is 0.490. The molecule has 0 saturated heterocycles. The van der Waals surface area contributed by atoms with Gasteiger partial charge in [-0.05, 0) is 0 Å². The van der Waals surface area contributed by atoms with Crippen LogP contribution >= 0.6 is 0 Å². The Labute approximate surface area is 63.5 Å². The van der Waals surface area contributed by atoms with Crippen LogP contribution in [0, 0.1) is 0 Å². The Morgan fingerprint density at radius 1 is 1.12 bits per heavy atom. The Balaban J connectivity index is 0. The Bertz CT molecular complexity index is 48.4. The van der Waals surface area contributed by atoms with Crippen molar-refractivity contribution in [2.24, 2.45) is 0 Å². The standard InChI is InChI=1S/C3H4N2.C2H6.Zn/c1-2-5-3-4-1;1-2;/h1-2H,3H2;1-2H3;/q-2;;+2. The molecule has 0 aliphatic carbocycles. The Kier molecular flexibility index (Phi) is 13.6. The summed E-state index contributed by atoms with van der Waals surface area (Å²) in [5.74, 6) is 0. The first-order chi connectivity index (χ1) is 3.50. The fourth-order valence-electron chi connectivity index (χ4n) is 0.236. The second-order valence-corrected chi connectivity index (χ2v) is 0.805. The van der Waals surface area contributed by atoms with Gasteiger partial charge in [-0.1, -0.05) is 13.8 Å². The molecular formula is C5H10N2Zn. The first kappa shape index (κ1) is 10.9. The van der Waals surface area contributed by atoms with Crippen molar-refractivity contribution in [2.75, 3.05) is 6.67 Å². The molecule has 0 atom stereocenters. The molecule has 1 aliphatic rings. The van der Waals surface area contributed by atoms with Crippen LogP contribution < -0.4 is 0 Å². The van der Waals surface area contributed by atoms with Crippen molar-refractivity contribution in [1.29, 1.82) is 0 Å². The van der Waals surface area contributed by atoms with Crippen molar-refractivity contribution < 1.29 is 19.5 Å². The second-order valence-electron chi connectivity index (χ2n) is 0.805. The zero-order valence-corrected chi connectivity index (χ0v) is 8.43. The fourth-order valence-corrected chi connectivity index (χ4v) is 0.236. The molecule has 0 bridgehead atoms. The van der Waals surface area contributed by atoms with Crippen LogP contribution in [0.2, 0.25) is 0 Å². The summed E-state index contributed by atoms with van der Waals surface area (Å²) >= 11 is 0. The minimum absolute atomic E-state index is 0. The van der Waals surface area contributed by atoms with Crippen LogP contribution in [0.4, 0.5) is 0 Å². The minimum Gasteiger partial charge on any atom is -0.707 e. The fraction of sp³-hybridized carbons (Fsp3) is 0.600. The van der Waals surface area contributed by atoms with Gasteiger partial charge in [0.15, 0.2) is 0 Å². The summed E-state index contributed by atoms with van der Waals surface area (Å²) in [4.78, 5) is 0. The molecule has 3 heteroatoms. The molecule has 0 amide bonds. The maximum absolute atomic E-state index is 3.74. The van der Waals surface area contributed by atoms with E-state index in [4.69, 9.17) is 0 Å². The maximum atomic E-state index is 3.74. The van der Waals surface area contributed by atoms with Crippen LogP contribution in [0.15, 0.2) is 12.4 Å². The molecule has 0 fully saturated rings. The van der Waals surface area contributed by atoms with Gasteiger partial charge < -0.3 is 10.6 Å². The second kappa shape index (κ2) is 10.1. The third-order valence-corrected chi connectivity index (χ3v) is 0.441. The summed E-state index contributed by atoms with van der Waals surface area (Å²) in [5.41, 5.74) is 0. The summed E-state index contributed by atoms with van der Waals surface area (Å²) in [7, 11) is 0. The minimum atomic E-state index is 0. The number of hydrogen-bond acceptors (Lipinski definition) is 0. The van der Waals surface area contributed by atoms with Gasteiger partial charge in [-0.25, -0.2) is 19.1 Å². The zero-order chi connectivity index (χ0) is 5.54. The van der Waals surface area contributed by atoms with Crippen molar-refractivity contribution >= 4 is 0 Å². The molecule has 1 aliphatic heterocycles. The average Bonchev–Trinajstić information content (AvgIpc) is 2.23. The van der Waals surface area contributed by atoms with Crippen LogP contribution in [-0.2, 0) is 19.5 Å². The van der Waals surface area contributed by atoms with E-state index in [0.29, 0.717) is 6.67 Å². The first-order valence-corrected chi connectivity index (χ1v) is 2.48. The van der Waals surface area contributed by atoms with Crippen LogP contribution in [0.5, 0.6) is 0 Å². The van der Waals surface area contributed by atoms with Gasteiger partial charge in [0.2, 0.25) is 0 Å². The molecule has 8 heavy (non-hydrogen) atoms. The number of nitrogens with zero attached hydrogens (tertiary/aromatic N) is 2. The molecule has 2 nitrogen and oxygen atoms in total. The normalized spacial score (nSPS) is 11.8. The summed E-state index contributed by atoms with van der Waals surface area (Å²) in [6.45, 7) is 4.64. The van der Waals surface area contributed by atoms with E-state index in [1.54, 1.807) is 12.4 Å². The van der Waals surface area contributed by atoms with E-state index < -0.39 is 0 Å². The van der Waals surface area contributed by atoms with E-state index in [2.05, 4.69) is 10.6 Å². The van der Waals surface area contributed by atoms with Crippen molar-refractivity contribution in [3.8, 4) is 0 Å². The van der Waals surface area contributed by atoms with Gasteiger partial charge in [-0.2, -0.15) is 0 Å². The van der Waals surface area contributed by atoms with Crippen LogP contribution in [0.1, 0.15) is 13.8 Å². The molecule has 0 aromatic heterocycles. The first-order valence-electron chi connectivity index (χ1n) is 2.48. The molecular weight excluding hydrogens is 153 g/mol. The van der Waals surface area contributed by atoms with Gasteiger partial charge in [0.1, 0.15) is 0 Å². The third-order valence-electron chi connectivity index (χ3n) is 0.441. The Morgan fingerprint density at radius 3 is 1.62 bits per heavy atom. The molecule has 0 spiro atoms. The van der Waals surface area contributed by atoms with Crippen molar-refractivity contribution in [3.63, 3.8) is 0 Å². The molecule has 0 unspecified atom stereocenters. The summed E-state index contributed by atoms with van der Waals surface area (Å²) < 4.78 is 0. The van der Waals surface area contributed by atoms with E-state index in [1.165, 1.54) is 0 Å². The van der Waals surface area contributed by atoms with E-state index in [1.807, 2.05) is 13.8 Å². The SMILES string of the molecule is C1=C[N-]C[N-]1.CC.[Zn+2]. The molecule has 0 saturated carbocycles. The summed E-state index contributed by atoms with van der Waals surface area (Å²) in [5, 5.41) is 7.47. The number of hydrogen-bond donors (Lipinski definition) is 0. The van der Waals surface area contributed by atoms with E-state index >= 15 is 0 Å². The maximum Gasteiger partial charge on any atom is 2.00 e. The van der Waals surface area contributed by atoms with Gasteiger partial charge >= 0.3 is 19.5 Å². The Morgan fingerprint density at radius 2 is 1.50 bits per heavy atom.